The third-order valence-electron chi connectivity index (χ3n) is 3.84. The van der Waals surface area contributed by atoms with Crippen molar-refractivity contribution >= 4 is 33.2 Å². The van der Waals surface area contributed by atoms with Crippen molar-refractivity contribution in [3.63, 3.8) is 0 Å². The summed E-state index contributed by atoms with van der Waals surface area (Å²) in [5.74, 6) is 0.177. The molecule has 0 saturated carbocycles. The Morgan fingerprint density at radius 3 is 2.58 bits per heavy atom. The molecular weight excluding hydrogens is 384 g/mol. The lowest BCUT2D eigenvalue weighted by atomic mass is 10.1. The molecule has 0 fully saturated rings. The van der Waals surface area contributed by atoms with Gasteiger partial charge in [-0.3, -0.25) is 4.79 Å². The highest BCUT2D eigenvalue weighted by Crippen LogP contribution is 2.13. The van der Waals surface area contributed by atoms with Gasteiger partial charge in [0.1, 0.15) is 0 Å². The number of hydrogen-bond donors (Lipinski definition) is 1. The van der Waals surface area contributed by atoms with Crippen molar-refractivity contribution in [3.8, 4) is 0 Å². The maximum absolute atomic E-state index is 11.8. The van der Waals surface area contributed by atoms with E-state index in [0.717, 1.165) is 55.2 Å². The third kappa shape index (κ3) is 7.58. The van der Waals surface area contributed by atoms with E-state index in [2.05, 4.69) is 55.9 Å². The summed E-state index contributed by atoms with van der Waals surface area (Å²) in [6, 6.07) is 8.40. The van der Waals surface area contributed by atoms with Crippen LogP contribution in [0.5, 0.6) is 0 Å². The predicted octanol–water partition coefficient (Wildman–Crippen LogP) is 5.07. The van der Waals surface area contributed by atoms with Gasteiger partial charge in [-0.1, -0.05) is 28.1 Å². The topological polar surface area (TPSA) is 42.0 Å². The average Bonchev–Trinajstić information content (AvgIpc) is 2.98. The second-order valence-corrected chi connectivity index (χ2v) is 7.88. The van der Waals surface area contributed by atoms with Gasteiger partial charge in [-0.15, -0.1) is 11.3 Å². The van der Waals surface area contributed by atoms with Gasteiger partial charge in [0.15, 0.2) is 0 Å². The standard InChI is InChI=1S/C19H25BrN2OS/c1-15-14-24-19(22-15)8-4-5-13-21-18(23)7-3-2-6-16-9-11-17(20)12-10-16/h9-12,14H,2-8,13H2,1H3,(H,21,23). The first-order valence-corrected chi connectivity index (χ1v) is 10.2. The number of aromatic nitrogens is 1. The molecule has 24 heavy (non-hydrogen) atoms. The fourth-order valence-corrected chi connectivity index (χ4v) is 3.58. The SMILES string of the molecule is Cc1csc(CCCCNC(=O)CCCCc2ccc(Br)cc2)n1. The largest absolute Gasteiger partial charge is 0.356 e. The number of aryl methyl sites for hydroxylation is 3. The molecule has 0 unspecified atom stereocenters. The van der Waals surface area contributed by atoms with Crippen LogP contribution in [0.15, 0.2) is 34.1 Å². The Bertz CT molecular complexity index is 625. The number of thiazole rings is 1. The molecule has 0 radical (unpaired) electrons. The normalized spacial score (nSPS) is 10.8. The van der Waals surface area contributed by atoms with Crippen molar-refractivity contribution in [2.75, 3.05) is 6.54 Å². The lowest BCUT2D eigenvalue weighted by Crippen LogP contribution is -2.24. The zero-order valence-electron chi connectivity index (χ0n) is 14.2. The lowest BCUT2D eigenvalue weighted by molar-refractivity contribution is -0.121. The molecule has 1 aromatic heterocycles. The second-order valence-electron chi connectivity index (χ2n) is 6.02. The maximum atomic E-state index is 11.8. The summed E-state index contributed by atoms with van der Waals surface area (Å²) >= 11 is 5.17. The molecule has 3 nitrogen and oxygen atoms in total. The Labute approximate surface area is 157 Å². The summed E-state index contributed by atoms with van der Waals surface area (Å²) < 4.78 is 1.11. The number of rotatable bonds is 10. The van der Waals surface area contributed by atoms with E-state index in [1.807, 2.05) is 6.92 Å². The second kappa shape index (κ2) is 10.6. The van der Waals surface area contributed by atoms with E-state index in [4.69, 9.17) is 0 Å². The van der Waals surface area contributed by atoms with Gasteiger partial charge in [-0.05, 0) is 63.1 Å². The summed E-state index contributed by atoms with van der Waals surface area (Å²) in [6.07, 6.45) is 6.77. The number of unbranched alkanes of at least 4 members (excludes halogenated alkanes) is 2. The number of carbonyl (C=O) groups excluding carboxylic acids is 1. The first-order valence-electron chi connectivity index (χ1n) is 8.55. The van der Waals surface area contributed by atoms with Crippen LogP contribution in [0.2, 0.25) is 0 Å². The van der Waals surface area contributed by atoms with E-state index in [1.165, 1.54) is 10.6 Å². The molecule has 2 rings (SSSR count). The molecule has 0 spiro atoms. The fourth-order valence-electron chi connectivity index (χ4n) is 2.50. The van der Waals surface area contributed by atoms with Gasteiger partial charge in [-0.2, -0.15) is 0 Å². The van der Waals surface area contributed by atoms with Crippen molar-refractivity contribution in [2.24, 2.45) is 0 Å². The van der Waals surface area contributed by atoms with Gasteiger partial charge in [0.25, 0.3) is 0 Å². The van der Waals surface area contributed by atoms with Crippen molar-refractivity contribution in [3.05, 3.63) is 50.4 Å². The molecule has 1 heterocycles. The van der Waals surface area contributed by atoms with Gasteiger partial charge < -0.3 is 5.32 Å². The molecule has 5 heteroatoms. The van der Waals surface area contributed by atoms with Crippen LogP contribution in [0.3, 0.4) is 0 Å². The van der Waals surface area contributed by atoms with Crippen LogP contribution in [0.1, 0.15) is 48.4 Å². The van der Waals surface area contributed by atoms with Crippen molar-refractivity contribution < 1.29 is 4.79 Å². The number of amides is 1. The minimum atomic E-state index is 0.177. The van der Waals surface area contributed by atoms with Crippen LogP contribution in [0, 0.1) is 6.92 Å². The summed E-state index contributed by atoms with van der Waals surface area (Å²) in [5.41, 5.74) is 2.43. The van der Waals surface area contributed by atoms with E-state index >= 15 is 0 Å². The number of nitrogens with zero attached hydrogens (tertiary/aromatic N) is 1. The highest BCUT2D eigenvalue weighted by Gasteiger charge is 2.02. The molecular formula is C19H25BrN2OS. The molecule has 1 aromatic carbocycles. The summed E-state index contributed by atoms with van der Waals surface area (Å²) in [6.45, 7) is 2.80. The highest BCUT2D eigenvalue weighted by molar-refractivity contribution is 9.10. The van der Waals surface area contributed by atoms with Crippen molar-refractivity contribution in [1.29, 1.82) is 0 Å². The first kappa shape index (κ1) is 19.1. The first-order chi connectivity index (χ1) is 11.6. The van der Waals surface area contributed by atoms with Gasteiger partial charge >= 0.3 is 0 Å². The highest BCUT2D eigenvalue weighted by atomic mass is 79.9. The molecule has 1 N–H and O–H groups in total. The van der Waals surface area contributed by atoms with Crippen LogP contribution in [0.25, 0.3) is 0 Å². The average molecular weight is 409 g/mol. The molecule has 0 saturated heterocycles. The summed E-state index contributed by atoms with van der Waals surface area (Å²) in [7, 11) is 0. The van der Waals surface area contributed by atoms with Crippen LogP contribution in [0.4, 0.5) is 0 Å². The molecule has 2 aromatic rings. The minimum absolute atomic E-state index is 0.177. The molecule has 130 valence electrons. The van der Waals surface area contributed by atoms with E-state index in [9.17, 15) is 4.79 Å². The maximum Gasteiger partial charge on any atom is 0.219 e. The van der Waals surface area contributed by atoms with Crippen molar-refractivity contribution in [2.45, 2.75) is 51.9 Å². The van der Waals surface area contributed by atoms with Crippen LogP contribution < -0.4 is 5.32 Å². The Morgan fingerprint density at radius 1 is 1.12 bits per heavy atom. The Morgan fingerprint density at radius 2 is 1.88 bits per heavy atom. The van der Waals surface area contributed by atoms with Gasteiger partial charge in [-0.25, -0.2) is 4.98 Å². The van der Waals surface area contributed by atoms with Gasteiger partial charge in [0.2, 0.25) is 5.91 Å². The molecule has 0 aliphatic rings. The Hall–Kier alpha value is -1.20. The van der Waals surface area contributed by atoms with Crippen molar-refractivity contribution in [1.82, 2.24) is 10.3 Å². The van der Waals surface area contributed by atoms with E-state index < -0.39 is 0 Å². The molecule has 1 amide bonds. The minimum Gasteiger partial charge on any atom is -0.356 e. The summed E-state index contributed by atoms with van der Waals surface area (Å²) in [4.78, 5) is 16.3. The van der Waals surface area contributed by atoms with Crippen LogP contribution in [-0.4, -0.2) is 17.4 Å². The van der Waals surface area contributed by atoms with Gasteiger partial charge in [0, 0.05) is 28.5 Å². The number of nitrogens with one attached hydrogen (secondary N) is 1. The number of benzene rings is 1. The van der Waals surface area contributed by atoms with E-state index in [1.54, 1.807) is 11.3 Å². The molecule has 0 aliphatic heterocycles. The number of halogens is 1. The van der Waals surface area contributed by atoms with Gasteiger partial charge in [0.05, 0.1) is 5.01 Å². The fraction of sp³-hybridized carbons (Fsp3) is 0.474. The number of carbonyl (C=O) groups is 1. The third-order valence-corrected chi connectivity index (χ3v) is 5.39. The molecule has 0 atom stereocenters. The monoisotopic (exact) mass is 408 g/mol. The smallest absolute Gasteiger partial charge is 0.219 e. The Kier molecular flexibility index (Phi) is 8.47. The zero-order valence-corrected chi connectivity index (χ0v) is 16.6. The Balaban J connectivity index is 1.47. The van der Waals surface area contributed by atoms with Crippen LogP contribution >= 0.6 is 27.3 Å². The van der Waals surface area contributed by atoms with E-state index in [-0.39, 0.29) is 5.91 Å². The molecule has 0 bridgehead atoms. The number of hydrogen-bond acceptors (Lipinski definition) is 3. The molecule has 0 aliphatic carbocycles. The van der Waals surface area contributed by atoms with Crippen LogP contribution in [-0.2, 0) is 17.6 Å². The predicted molar refractivity (Wildman–Crippen MR) is 104 cm³/mol. The lowest BCUT2D eigenvalue weighted by Gasteiger charge is -2.05. The van der Waals surface area contributed by atoms with E-state index in [0.29, 0.717) is 6.42 Å². The summed E-state index contributed by atoms with van der Waals surface area (Å²) in [5, 5.41) is 6.31. The zero-order chi connectivity index (χ0) is 17.2. The quantitative estimate of drug-likeness (QED) is 0.557.